The van der Waals surface area contributed by atoms with E-state index in [-0.39, 0.29) is 21.8 Å². The second kappa shape index (κ2) is 5.82. The van der Waals surface area contributed by atoms with Crippen LogP contribution in [0.2, 0.25) is 0 Å². The summed E-state index contributed by atoms with van der Waals surface area (Å²) in [7, 11) is -0.956. The third-order valence-electron chi connectivity index (χ3n) is 3.92. The van der Waals surface area contributed by atoms with Crippen LogP contribution >= 0.6 is 0 Å². The van der Waals surface area contributed by atoms with Gasteiger partial charge in [0.1, 0.15) is 5.69 Å². The number of nitrogens with one attached hydrogen (secondary N) is 1. The maximum absolute atomic E-state index is 12.1. The number of nitrogens with zero attached hydrogens (tertiary/aromatic N) is 2. The highest BCUT2D eigenvalue weighted by molar-refractivity contribution is 7.89. The monoisotopic (exact) mass is 328 g/mol. The predicted octanol–water partition coefficient (Wildman–Crippen LogP) is 1.14. The first-order valence-corrected chi connectivity index (χ1v) is 8.33. The normalized spacial score (nSPS) is 17.1. The molecule has 2 rings (SSSR count). The Kier molecular flexibility index (Phi) is 4.41. The van der Waals surface area contributed by atoms with Crippen LogP contribution in [0.1, 0.15) is 19.3 Å². The van der Waals surface area contributed by atoms with Gasteiger partial charge in [0.2, 0.25) is 10.0 Å². The smallest absolute Gasteiger partial charge is 0.293 e. The van der Waals surface area contributed by atoms with Crippen molar-refractivity contribution >= 4 is 21.4 Å². The van der Waals surface area contributed by atoms with Gasteiger partial charge in [0.05, 0.1) is 9.82 Å². The number of hydrogen-bond acceptors (Lipinski definition) is 6. The van der Waals surface area contributed by atoms with Gasteiger partial charge in [0, 0.05) is 32.2 Å². The first kappa shape index (κ1) is 16.7. The molecule has 0 radical (unpaired) electrons. The number of hydrogen-bond donors (Lipinski definition) is 2. The topological polar surface area (TPSA) is 119 Å². The van der Waals surface area contributed by atoms with Crippen molar-refractivity contribution in [2.75, 3.05) is 26.0 Å². The molecule has 0 aliphatic heterocycles. The third-order valence-corrected chi connectivity index (χ3v) is 5.74. The fourth-order valence-corrected chi connectivity index (χ4v) is 3.18. The van der Waals surface area contributed by atoms with Gasteiger partial charge in [0.15, 0.2) is 0 Å². The lowest BCUT2D eigenvalue weighted by Gasteiger charge is -2.38. The molecule has 0 unspecified atom stereocenters. The van der Waals surface area contributed by atoms with Crippen molar-refractivity contribution in [3.63, 3.8) is 0 Å². The van der Waals surface area contributed by atoms with Crippen LogP contribution in [0.25, 0.3) is 0 Å². The molecule has 1 aliphatic carbocycles. The van der Waals surface area contributed by atoms with Crippen LogP contribution in [-0.2, 0) is 10.0 Å². The van der Waals surface area contributed by atoms with Gasteiger partial charge in [-0.1, -0.05) is 0 Å². The first-order valence-electron chi connectivity index (χ1n) is 6.89. The largest absolute Gasteiger partial charge is 0.378 e. The molecule has 0 spiro atoms. The van der Waals surface area contributed by atoms with Crippen LogP contribution in [0.4, 0.5) is 11.4 Å². The second-order valence-corrected chi connectivity index (χ2v) is 7.94. The van der Waals surface area contributed by atoms with Crippen LogP contribution in [0.5, 0.6) is 0 Å². The predicted molar refractivity (Wildman–Crippen MR) is 83.2 cm³/mol. The minimum absolute atomic E-state index is 0.110. The van der Waals surface area contributed by atoms with Gasteiger partial charge in [-0.3, -0.25) is 10.1 Å². The zero-order chi connectivity index (χ0) is 16.5. The minimum atomic E-state index is -3.71. The van der Waals surface area contributed by atoms with E-state index < -0.39 is 14.9 Å². The Morgan fingerprint density at radius 1 is 1.41 bits per heavy atom. The van der Waals surface area contributed by atoms with Crippen LogP contribution < -0.4 is 11.1 Å². The molecule has 0 aromatic heterocycles. The Labute approximate surface area is 129 Å². The molecular formula is C13H20N4O4S. The average molecular weight is 328 g/mol. The highest BCUT2D eigenvalue weighted by atomic mass is 32.2. The van der Waals surface area contributed by atoms with Gasteiger partial charge in [-0.25, -0.2) is 12.7 Å². The number of nitro benzene ring substituents is 1. The summed E-state index contributed by atoms with van der Waals surface area (Å²) in [5.74, 6) is 0. The van der Waals surface area contributed by atoms with E-state index in [0.717, 1.165) is 29.6 Å². The summed E-state index contributed by atoms with van der Waals surface area (Å²) in [5, 5.41) is 14.2. The quantitative estimate of drug-likeness (QED) is 0.597. The van der Waals surface area contributed by atoms with Crippen molar-refractivity contribution in [1.29, 1.82) is 0 Å². The van der Waals surface area contributed by atoms with Gasteiger partial charge in [-0.05, 0) is 31.4 Å². The molecule has 8 nitrogen and oxygen atoms in total. The number of sulfonamides is 1. The zero-order valence-corrected chi connectivity index (χ0v) is 13.4. The summed E-state index contributed by atoms with van der Waals surface area (Å²) < 4.78 is 25.1. The Hall–Kier alpha value is -1.71. The van der Waals surface area contributed by atoms with Crippen LogP contribution in [-0.4, -0.2) is 43.8 Å². The van der Waals surface area contributed by atoms with E-state index >= 15 is 0 Å². The van der Waals surface area contributed by atoms with E-state index in [2.05, 4.69) is 5.32 Å². The highest BCUT2D eigenvalue weighted by Gasteiger charge is 2.33. The minimum Gasteiger partial charge on any atom is -0.378 e. The van der Waals surface area contributed by atoms with Gasteiger partial charge < -0.3 is 11.1 Å². The van der Waals surface area contributed by atoms with Gasteiger partial charge in [0.25, 0.3) is 5.69 Å². The molecule has 0 heterocycles. The first-order chi connectivity index (χ1) is 10.2. The summed E-state index contributed by atoms with van der Waals surface area (Å²) in [6, 6.07) is 3.84. The molecule has 0 amide bonds. The SMILES string of the molecule is CN(C)S(=O)(=O)c1ccc(NCC2(N)CCC2)c([N+](=O)[O-])c1. The molecule has 122 valence electrons. The lowest BCUT2D eigenvalue weighted by atomic mass is 9.78. The summed E-state index contributed by atoms with van der Waals surface area (Å²) in [5.41, 5.74) is 5.75. The summed E-state index contributed by atoms with van der Waals surface area (Å²) in [4.78, 5) is 10.5. The van der Waals surface area contributed by atoms with Crippen molar-refractivity contribution in [2.24, 2.45) is 5.73 Å². The number of benzene rings is 1. The Bertz CT molecular complexity index is 683. The van der Waals surface area contributed by atoms with E-state index in [1.165, 1.54) is 26.2 Å². The fourth-order valence-electron chi connectivity index (χ4n) is 2.26. The highest BCUT2D eigenvalue weighted by Crippen LogP contribution is 2.32. The molecule has 1 saturated carbocycles. The molecule has 22 heavy (non-hydrogen) atoms. The Morgan fingerprint density at radius 2 is 2.05 bits per heavy atom. The molecule has 1 aliphatic rings. The fraction of sp³-hybridized carbons (Fsp3) is 0.538. The summed E-state index contributed by atoms with van der Waals surface area (Å²) in [6.07, 6.45) is 2.81. The lowest BCUT2D eigenvalue weighted by Crippen LogP contribution is -2.52. The van der Waals surface area contributed by atoms with E-state index in [1.807, 2.05) is 0 Å². The van der Waals surface area contributed by atoms with Crippen molar-refractivity contribution < 1.29 is 13.3 Å². The Balaban J connectivity index is 2.30. The number of anilines is 1. The molecule has 0 saturated heterocycles. The molecule has 3 N–H and O–H groups in total. The summed E-state index contributed by atoms with van der Waals surface area (Å²) >= 11 is 0. The van der Waals surface area contributed by atoms with E-state index in [0.29, 0.717) is 6.54 Å². The number of nitro groups is 1. The van der Waals surface area contributed by atoms with Gasteiger partial charge in [-0.15, -0.1) is 0 Å². The second-order valence-electron chi connectivity index (χ2n) is 5.79. The molecule has 1 aromatic carbocycles. The van der Waals surface area contributed by atoms with Crippen molar-refractivity contribution in [2.45, 2.75) is 29.7 Å². The molecule has 0 bridgehead atoms. The number of rotatable bonds is 6. The Morgan fingerprint density at radius 3 is 2.50 bits per heavy atom. The van der Waals surface area contributed by atoms with Crippen LogP contribution in [0.15, 0.2) is 23.1 Å². The molecule has 1 aromatic rings. The van der Waals surface area contributed by atoms with Gasteiger partial charge in [-0.2, -0.15) is 0 Å². The van der Waals surface area contributed by atoms with Crippen molar-refractivity contribution in [3.05, 3.63) is 28.3 Å². The maximum atomic E-state index is 12.1. The summed E-state index contributed by atoms with van der Waals surface area (Å²) in [6.45, 7) is 0.424. The molecule has 9 heteroatoms. The van der Waals surface area contributed by atoms with Crippen molar-refractivity contribution in [3.8, 4) is 0 Å². The maximum Gasteiger partial charge on any atom is 0.293 e. The molecule has 0 atom stereocenters. The standard InChI is InChI=1S/C13H20N4O4S/c1-16(2)22(20,21)10-4-5-11(12(8-10)17(18)19)15-9-13(14)6-3-7-13/h4-5,8,15H,3,6-7,9,14H2,1-2H3. The zero-order valence-electron chi connectivity index (χ0n) is 12.6. The van der Waals surface area contributed by atoms with Crippen LogP contribution in [0.3, 0.4) is 0 Å². The molecule has 1 fully saturated rings. The van der Waals surface area contributed by atoms with Crippen molar-refractivity contribution in [1.82, 2.24) is 4.31 Å². The molecular weight excluding hydrogens is 308 g/mol. The van der Waals surface area contributed by atoms with Gasteiger partial charge >= 0.3 is 0 Å². The number of nitrogens with two attached hydrogens (primary N) is 1. The van der Waals surface area contributed by atoms with E-state index in [9.17, 15) is 18.5 Å². The van der Waals surface area contributed by atoms with Crippen LogP contribution in [0, 0.1) is 10.1 Å². The lowest BCUT2D eigenvalue weighted by molar-refractivity contribution is -0.384. The third kappa shape index (κ3) is 3.21. The van der Waals surface area contributed by atoms with E-state index in [1.54, 1.807) is 0 Å². The van der Waals surface area contributed by atoms with E-state index in [4.69, 9.17) is 5.73 Å². The average Bonchev–Trinajstić information content (AvgIpc) is 2.42.